The fraction of sp³-hybridized carbons (Fsp3) is 0. The van der Waals surface area contributed by atoms with Crippen molar-refractivity contribution >= 4 is 38.4 Å². The summed E-state index contributed by atoms with van der Waals surface area (Å²) in [5.74, 6) is 0.242. The third-order valence-corrected chi connectivity index (χ3v) is 3.70. The van der Waals surface area contributed by atoms with E-state index in [9.17, 15) is 10.2 Å². The highest BCUT2D eigenvalue weighted by Crippen LogP contribution is 2.34. The van der Waals surface area contributed by atoms with Gasteiger partial charge in [0.15, 0.2) is 0 Å². The Kier molecular flexibility index (Phi) is 2.88. The smallest absolute Gasteiger partial charge is 0.140 e. The average molecular weight is 340 g/mol. The van der Waals surface area contributed by atoms with E-state index in [1.807, 2.05) is 0 Å². The molecule has 0 amide bonds. The molecule has 0 aliphatic heterocycles. The lowest BCUT2D eigenvalue weighted by Gasteiger charge is -2.02. The van der Waals surface area contributed by atoms with E-state index in [0.717, 1.165) is 0 Å². The fourth-order valence-corrected chi connectivity index (χ4v) is 2.70. The number of halogens is 2. The summed E-state index contributed by atoms with van der Waals surface area (Å²) in [6, 6.07) is 9.73. The van der Waals surface area contributed by atoms with Gasteiger partial charge < -0.3 is 10.2 Å². The minimum Gasteiger partial charge on any atom is -0.508 e. The zero-order valence-electron chi connectivity index (χ0n) is 9.51. The number of fused-ring (bicyclic) bond motifs is 1. The predicted octanol–water partition coefficient (Wildman–Crippen LogP) is 3.85. The molecule has 0 saturated carbocycles. The maximum atomic E-state index is 9.59. The van der Waals surface area contributed by atoms with Crippen LogP contribution in [0.4, 0.5) is 0 Å². The van der Waals surface area contributed by atoms with Crippen LogP contribution in [0.15, 0.2) is 40.9 Å². The number of phenolic OH excluding ortho intramolecular Hbond substituents is 2. The number of aromatic nitrogens is 2. The second-order valence-electron chi connectivity index (χ2n) is 4.05. The zero-order valence-corrected chi connectivity index (χ0v) is 11.9. The summed E-state index contributed by atoms with van der Waals surface area (Å²) in [4.78, 5) is 0. The molecule has 1 aromatic heterocycles. The SMILES string of the molecule is Oc1cccc(-n2nc3c(Br)cc(O)cc3c2Cl)c1. The van der Waals surface area contributed by atoms with Crippen LogP contribution in [0.1, 0.15) is 0 Å². The molecular weight excluding hydrogens is 332 g/mol. The molecule has 2 N–H and O–H groups in total. The Bertz CT molecular complexity index is 786. The van der Waals surface area contributed by atoms with Crippen LogP contribution in [0.25, 0.3) is 16.6 Å². The number of benzene rings is 2. The van der Waals surface area contributed by atoms with E-state index in [1.54, 1.807) is 36.4 Å². The molecule has 0 fully saturated rings. The molecule has 19 heavy (non-hydrogen) atoms. The Morgan fingerprint density at radius 3 is 2.63 bits per heavy atom. The Hall–Kier alpha value is -1.72. The lowest BCUT2D eigenvalue weighted by Crippen LogP contribution is -1.95. The van der Waals surface area contributed by atoms with Crippen molar-refractivity contribution in [2.75, 3.05) is 0 Å². The van der Waals surface area contributed by atoms with Crippen molar-refractivity contribution in [2.24, 2.45) is 0 Å². The first-order valence-corrected chi connectivity index (χ1v) is 6.59. The van der Waals surface area contributed by atoms with Crippen molar-refractivity contribution in [3.05, 3.63) is 46.0 Å². The number of phenols is 2. The highest BCUT2D eigenvalue weighted by Gasteiger charge is 2.14. The van der Waals surface area contributed by atoms with Crippen molar-refractivity contribution in [3.8, 4) is 17.2 Å². The third kappa shape index (κ3) is 2.05. The summed E-state index contributed by atoms with van der Waals surface area (Å²) in [6.45, 7) is 0. The minimum absolute atomic E-state index is 0.108. The normalized spacial score (nSPS) is 11.1. The van der Waals surface area contributed by atoms with E-state index < -0.39 is 0 Å². The Morgan fingerprint density at radius 2 is 1.89 bits per heavy atom. The Balaban J connectivity index is 2.31. The summed E-state index contributed by atoms with van der Waals surface area (Å²) in [5, 5.41) is 24.5. The lowest BCUT2D eigenvalue weighted by atomic mass is 10.2. The number of aromatic hydroxyl groups is 2. The minimum atomic E-state index is 0.108. The van der Waals surface area contributed by atoms with E-state index >= 15 is 0 Å². The van der Waals surface area contributed by atoms with Gasteiger partial charge in [0.2, 0.25) is 0 Å². The van der Waals surface area contributed by atoms with Crippen LogP contribution in [0.5, 0.6) is 11.5 Å². The second-order valence-corrected chi connectivity index (χ2v) is 5.26. The largest absolute Gasteiger partial charge is 0.508 e. The summed E-state index contributed by atoms with van der Waals surface area (Å²) in [7, 11) is 0. The summed E-state index contributed by atoms with van der Waals surface area (Å²) < 4.78 is 2.17. The van der Waals surface area contributed by atoms with Crippen LogP contribution < -0.4 is 0 Å². The molecule has 3 aromatic rings. The zero-order chi connectivity index (χ0) is 13.6. The summed E-state index contributed by atoms with van der Waals surface area (Å²) >= 11 is 9.61. The number of hydrogen-bond acceptors (Lipinski definition) is 3. The van der Waals surface area contributed by atoms with E-state index in [-0.39, 0.29) is 11.5 Å². The Morgan fingerprint density at radius 1 is 1.11 bits per heavy atom. The standard InChI is InChI=1S/C13H8BrClN2O2/c14-11-6-9(19)5-10-12(11)16-17(13(10)15)7-2-1-3-8(18)4-7/h1-6,18-19H. The number of nitrogens with zero attached hydrogens (tertiary/aromatic N) is 2. The molecule has 2 aromatic carbocycles. The molecule has 0 radical (unpaired) electrons. The lowest BCUT2D eigenvalue weighted by molar-refractivity contribution is 0.474. The van der Waals surface area contributed by atoms with Crippen LogP contribution in [0.3, 0.4) is 0 Å². The predicted molar refractivity (Wildman–Crippen MR) is 77.1 cm³/mol. The molecule has 96 valence electrons. The van der Waals surface area contributed by atoms with Crippen molar-refractivity contribution < 1.29 is 10.2 Å². The van der Waals surface area contributed by atoms with Gasteiger partial charge in [-0.2, -0.15) is 5.10 Å². The van der Waals surface area contributed by atoms with Gasteiger partial charge in [0.1, 0.15) is 22.2 Å². The van der Waals surface area contributed by atoms with Crippen molar-refractivity contribution in [1.29, 1.82) is 0 Å². The van der Waals surface area contributed by atoms with Gasteiger partial charge >= 0.3 is 0 Å². The molecule has 0 bridgehead atoms. The average Bonchev–Trinajstić information content (AvgIpc) is 2.68. The molecule has 0 unspecified atom stereocenters. The number of hydrogen-bond donors (Lipinski definition) is 2. The van der Waals surface area contributed by atoms with Gasteiger partial charge in [0.25, 0.3) is 0 Å². The van der Waals surface area contributed by atoms with E-state index in [4.69, 9.17) is 11.6 Å². The molecule has 0 atom stereocenters. The van der Waals surface area contributed by atoms with Gasteiger partial charge in [-0.3, -0.25) is 0 Å². The third-order valence-electron chi connectivity index (χ3n) is 2.73. The highest BCUT2D eigenvalue weighted by molar-refractivity contribution is 9.10. The summed E-state index contributed by atoms with van der Waals surface area (Å²) in [5.41, 5.74) is 1.29. The van der Waals surface area contributed by atoms with Gasteiger partial charge in [0.05, 0.1) is 5.69 Å². The van der Waals surface area contributed by atoms with Gasteiger partial charge in [-0.15, -0.1) is 0 Å². The van der Waals surface area contributed by atoms with Gasteiger partial charge in [-0.1, -0.05) is 17.7 Å². The highest BCUT2D eigenvalue weighted by atomic mass is 79.9. The molecule has 4 nitrogen and oxygen atoms in total. The molecule has 0 saturated heterocycles. The van der Waals surface area contributed by atoms with Crippen molar-refractivity contribution in [1.82, 2.24) is 9.78 Å². The van der Waals surface area contributed by atoms with Gasteiger partial charge in [0, 0.05) is 15.9 Å². The topological polar surface area (TPSA) is 58.3 Å². The first-order valence-electron chi connectivity index (χ1n) is 5.42. The van der Waals surface area contributed by atoms with E-state index in [0.29, 0.717) is 26.2 Å². The number of rotatable bonds is 1. The molecule has 6 heteroatoms. The maximum Gasteiger partial charge on any atom is 0.140 e. The van der Waals surface area contributed by atoms with E-state index in [1.165, 1.54) is 4.68 Å². The summed E-state index contributed by atoms with van der Waals surface area (Å²) in [6.07, 6.45) is 0. The van der Waals surface area contributed by atoms with Crippen LogP contribution in [-0.2, 0) is 0 Å². The van der Waals surface area contributed by atoms with Crippen LogP contribution in [-0.4, -0.2) is 20.0 Å². The molecule has 0 aliphatic carbocycles. The van der Waals surface area contributed by atoms with Gasteiger partial charge in [-0.25, -0.2) is 4.68 Å². The maximum absolute atomic E-state index is 9.59. The van der Waals surface area contributed by atoms with Crippen molar-refractivity contribution in [3.63, 3.8) is 0 Å². The Labute approximate surface area is 122 Å². The second kappa shape index (κ2) is 4.43. The van der Waals surface area contributed by atoms with Crippen molar-refractivity contribution in [2.45, 2.75) is 0 Å². The van der Waals surface area contributed by atoms with Crippen LogP contribution >= 0.6 is 27.5 Å². The first kappa shape index (κ1) is 12.3. The monoisotopic (exact) mass is 338 g/mol. The van der Waals surface area contributed by atoms with Gasteiger partial charge in [-0.05, 0) is 40.2 Å². The molecule has 0 spiro atoms. The van der Waals surface area contributed by atoms with Crippen LogP contribution in [0.2, 0.25) is 5.15 Å². The molecule has 1 heterocycles. The molecular formula is C13H8BrClN2O2. The van der Waals surface area contributed by atoms with E-state index in [2.05, 4.69) is 21.0 Å². The quantitative estimate of drug-likeness (QED) is 0.708. The molecule has 3 rings (SSSR count). The van der Waals surface area contributed by atoms with Crippen LogP contribution in [0, 0.1) is 0 Å². The molecule has 0 aliphatic rings. The first-order chi connectivity index (χ1) is 9.06. The fourth-order valence-electron chi connectivity index (χ4n) is 1.90.